The van der Waals surface area contributed by atoms with Crippen molar-refractivity contribution >= 4 is 21.9 Å². The molecular weight excluding hydrogens is 344 g/mol. The Morgan fingerprint density at radius 3 is 2.40 bits per heavy atom. The van der Waals surface area contributed by atoms with Crippen LogP contribution in [0.15, 0.2) is 0 Å². The first-order valence-corrected chi connectivity index (χ1v) is 10.8. The summed E-state index contributed by atoms with van der Waals surface area (Å²) >= 11 is 0. The Hall–Kier alpha value is -1.15. The van der Waals surface area contributed by atoms with E-state index in [1.807, 2.05) is 6.92 Å². The Balaban J connectivity index is 1.92. The second kappa shape index (κ2) is 8.03. The molecule has 0 aromatic carbocycles. The molecule has 2 rings (SSSR count). The zero-order chi connectivity index (χ0) is 18.7. The Bertz CT molecular complexity index is 598. The second-order valence-electron chi connectivity index (χ2n) is 7.57. The molecular formula is C17H30N2O5S. The molecule has 0 saturated carbocycles. The van der Waals surface area contributed by atoms with Gasteiger partial charge in [0.05, 0.1) is 11.2 Å². The first-order chi connectivity index (χ1) is 11.7. The Morgan fingerprint density at radius 1 is 1.20 bits per heavy atom. The summed E-state index contributed by atoms with van der Waals surface area (Å²) in [6.45, 7) is 5.26. The van der Waals surface area contributed by atoms with Crippen LogP contribution in [-0.2, 0) is 19.6 Å². The van der Waals surface area contributed by atoms with E-state index in [2.05, 4.69) is 0 Å². The first-order valence-electron chi connectivity index (χ1n) is 9.19. The van der Waals surface area contributed by atoms with Gasteiger partial charge in [-0.15, -0.1) is 0 Å². The number of carboxylic acids is 1. The summed E-state index contributed by atoms with van der Waals surface area (Å²) in [4.78, 5) is 25.9. The van der Waals surface area contributed by atoms with Crippen LogP contribution in [0, 0.1) is 11.3 Å². The van der Waals surface area contributed by atoms with Gasteiger partial charge in [0.1, 0.15) is 0 Å². The number of rotatable bonds is 6. The Labute approximate surface area is 150 Å². The van der Waals surface area contributed by atoms with Crippen molar-refractivity contribution < 1.29 is 23.1 Å². The summed E-state index contributed by atoms with van der Waals surface area (Å²) < 4.78 is 26.0. The van der Waals surface area contributed by atoms with Gasteiger partial charge >= 0.3 is 5.97 Å². The molecule has 8 heteroatoms. The number of unbranched alkanes of at least 4 members (excludes halogenated alkanes) is 1. The van der Waals surface area contributed by atoms with Crippen LogP contribution < -0.4 is 0 Å². The minimum absolute atomic E-state index is 0.0159. The van der Waals surface area contributed by atoms with Gasteiger partial charge in [0, 0.05) is 32.1 Å². The number of aliphatic carboxylic acids is 1. The molecule has 0 aromatic heterocycles. The van der Waals surface area contributed by atoms with Gasteiger partial charge in [-0.2, -0.15) is 0 Å². The summed E-state index contributed by atoms with van der Waals surface area (Å²) in [5.74, 6) is -0.904. The van der Waals surface area contributed by atoms with Crippen molar-refractivity contribution in [2.24, 2.45) is 11.3 Å². The van der Waals surface area contributed by atoms with Gasteiger partial charge < -0.3 is 10.0 Å². The van der Waals surface area contributed by atoms with Crippen LogP contribution in [0.3, 0.4) is 0 Å². The summed E-state index contributed by atoms with van der Waals surface area (Å²) in [5.41, 5.74) is -0.877. The minimum Gasteiger partial charge on any atom is -0.481 e. The predicted octanol–water partition coefficient (Wildman–Crippen LogP) is 1.54. The average Bonchev–Trinajstić information content (AvgIpc) is 2.59. The van der Waals surface area contributed by atoms with E-state index in [-0.39, 0.29) is 24.1 Å². The fourth-order valence-electron chi connectivity index (χ4n) is 3.70. The lowest BCUT2D eigenvalue weighted by atomic mass is 9.81. The molecule has 1 unspecified atom stereocenters. The third-order valence-electron chi connectivity index (χ3n) is 5.48. The lowest BCUT2D eigenvalue weighted by Crippen LogP contribution is -2.51. The molecule has 0 radical (unpaired) electrons. The number of likely N-dealkylation sites (tertiary alicyclic amines) is 1. The van der Waals surface area contributed by atoms with Gasteiger partial charge in [0.25, 0.3) is 0 Å². The molecule has 2 aliphatic rings. The standard InChI is InChI=1S/C17H30N2O5S/c1-3-4-12-25(23,24)19-10-6-14(7-11-19)15(20)18-9-5-8-17(2,13-18)16(21)22/h14H,3-13H2,1-2H3,(H,21,22). The van der Waals surface area contributed by atoms with Gasteiger partial charge in [0.2, 0.25) is 15.9 Å². The largest absolute Gasteiger partial charge is 0.481 e. The van der Waals surface area contributed by atoms with E-state index in [4.69, 9.17) is 0 Å². The van der Waals surface area contributed by atoms with Crippen LogP contribution in [0.1, 0.15) is 52.4 Å². The highest BCUT2D eigenvalue weighted by atomic mass is 32.2. The number of nitrogens with zero attached hydrogens (tertiary/aromatic N) is 2. The topological polar surface area (TPSA) is 95.0 Å². The number of piperidine rings is 2. The molecule has 1 atom stereocenters. The van der Waals surface area contributed by atoms with Crippen LogP contribution >= 0.6 is 0 Å². The SMILES string of the molecule is CCCCS(=O)(=O)N1CCC(C(=O)N2CCCC(C)(C(=O)O)C2)CC1. The van der Waals surface area contributed by atoms with Gasteiger partial charge in [0.15, 0.2) is 0 Å². The number of carbonyl (C=O) groups excluding carboxylic acids is 1. The Morgan fingerprint density at radius 2 is 1.84 bits per heavy atom. The minimum atomic E-state index is -3.22. The molecule has 7 nitrogen and oxygen atoms in total. The molecule has 2 heterocycles. The van der Waals surface area contributed by atoms with Crippen LogP contribution in [0.2, 0.25) is 0 Å². The maximum Gasteiger partial charge on any atom is 0.311 e. The van der Waals surface area contributed by atoms with E-state index in [9.17, 15) is 23.1 Å². The fourth-order valence-corrected chi connectivity index (χ4v) is 5.38. The van der Waals surface area contributed by atoms with E-state index in [1.165, 1.54) is 4.31 Å². The van der Waals surface area contributed by atoms with Gasteiger partial charge in [-0.1, -0.05) is 13.3 Å². The lowest BCUT2D eigenvalue weighted by molar-refractivity contribution is -0.154. The lowest BCUT2D eigenvalue weighted by Gasteiger charge is -2.40. The van der Waals surface area contributed by atoms with Crippen LogP contribution in [-0.4, -0.2) is 66.5 Å². The van der Waals surface area contributed by atoms with Gasteiger partial charge in [-0.05, 0) is 39.0 Å². The molecule has 0 aliphatic carbocycles. The highest BCUT2D eigenvalue weighted by molar-refractivity contribution is 7.89. The third kappa shape index (κ3) is 4.73. The zero-order valence-corrected chi connectivity index (χ0v) is 16.1. The highest BCUT2D eigenvalue weighted by Crippen LogP contribution is 2.32. The molecule has 2 aliphatic heterocycles. The second-order valence-corrected chi connectivity index (χ2v) is 9.66. The summed E-state index contributed by atoms with van der Waals surface area (Å²) in [6, 6.07) is 0. The first kappa shape index (κ1) is 20.2. The van der Waals surface area contributed by atoms with Crippen LogP contribution in [0.25, 0.3) is 0 Å². The third-order valence-corrected chi connectivity index (χ3v) is 7.43. The molecule has 0 bridgehead atoms. The summed E-state index contributed by atoms with van der Waals surface area (Å²) in [6.07, 6.45) is 3.81. The van der Waals surface area contributed by atoms with E-state index in [1.54, 1.807) is 11.8 Å². The summed E-state index contributed by atoms with van der Waals surface area (Å²) in [7, 11) is -3.22. The van der Waals surface area contributed by atoms with E-state index in [0.29, 0.717) is 51.7 Å². The van der Waals surface area contributed by atoms with Crippen LogP contribution in [0.4, 0.5) is 0 Å². The van der Waals surface area contributed by atoms with E-state index in [0.717, 1.165) is 6.42 Å². The molecule has 25 heavy (non-hydrogen) atoms. The van der Waals surface area contributed by atoms with Crippen molar-refractivity contribution in [3.8, 4) is 0 Å². The van der Waals surface area contributed by atoms with E-state index >= 15 is 0 Å². The van der Waals surface area contributed by atoms with Crippen LogP contribution in [0.5, 0.6) is 0 Å². The van der Waals surface area contributed by atoms with Crippen molar-refractivity contribution in [3.63, 3.8) is 0 Å². The van der Waals surface area contributed by atoms with Crippen molar-refractivity contribution in [3.05, 3.63) is 0 Å². The number of sulfonamides is 1. The van der Waals surface area contributed by atoms with Gasteiger partial charge in [-0.25, -0.2) is 12.7 Å². The zero-order valence-electron chi connectivity index (χ0n) is 15.2. The van der Waals surface area contributed by atoms with Crippen molar-refractivity contribution in [2.45, 2.75) is 52.4 Å². The molecule has 2 saturated heterocycles. The van der Waals surface area contributed by atoms with Crippen molar-refractivity contribution in [1.29, 1.82) is 0 Å². The normalized spacial score (nSPS) is 26.6. The number of carbonyl (C=O) groups is 2. The molecule has 1 amide bonds. The molecule has 2 fully saturated rings. The molecule has 144 valence electrons. The maximum absolute atomic E-state index is 12.8. The maximum atomic E-state index is 12.8. The molecule has 0 spiro atoms. The van der Waals surface area contributed by atoms with E-state index < -0.39 is 21.4 Å². The Kier molecular flexibility index (Phi) is 6.48. The molecule has 1 N–H and O–H groups in total. The van der Waals surface area contributed by atoms with Crippen molar-refractivity contribution in [1.82, 2.24) is 9.21 Å². The number of carboxylic acid groups (broad SMARTS) is 1. The quantitative estimate of drug-likeness (QED) is 0.761. The predicted molar refractivity (Wildman–Crippen MR) is 94.5 cm³/mol. The monoisotopic (exact) mass is 374 g/mol. The number of hydrogen-bond donors (Lipinski definition) is 1. The average molecular weight is 375 g/mol. The molecule has 0 aromatic rings. The van der Waals surface area contributed by atoms with Crippen molar-refractivity contribution in [2.75, 3.05) is 31.9 Å². The smallest absolute Gasteiger partial charge is 0.311 e. The highest BCUT2D eigenvalue weighted by Gasteiger charge is 2.41. The number of hydrogen-bond acceptors (Lipinski definition) is 4. The van der Waals surface area contributed by atoms with Gasteiger partial charge in [-0.3, -0.25) is 9.59 Å². The summed E-state index contributed by atoms with van der Waals surface area (Å²) in [5, 5.41) is 9.39. The number of amides is 1. The fraction of sp³-hybridized carbons (Fsp3) is 0.882.